The smallest absolute Gasteiger partial charge is 0.412 e. The van der Waals surface area contributed by atoms with Crippen LogP contribution in [0.4, 0.5) is 10.5 Å². The molecule has 1 amide bonds. The second-order valence-corrected chi connectivity index (χ2v) is 7.51. The van der Waals surface area contributed by atoms with Crippen molar-refractivity contribution in [1.29, 1.82) is 0 Å². The Kier molecular flexibility index (Phi) is 7.10. The molecule has 9 nitrogen and oxygen atoms in total. The molecule has 0 bridgehead atoms. The largest absolute Gasteiger partial charge is 0.465 e. The van der Waals surface area contributed by atoms with E-state index in [9.17, 15) is 14.7 Å². The van der Waals surface area contributed by atoms with Crippen LogP contribution in [0.1, 0.15) is 36.6 Å². The third-order valence-electron chi connectivity index (χ3n) is 4.24. The molecule has 0 spiro atoms. The van der Waals surface area contributed by atoms with Gasteiger partial charge in [-0.05, 0) is 29.7 Å². The minimum absolute atomic E-state index is 0.0199. The Hall–Kier alpha value is -2.78. The van der Waals surface area contributed by atoms with E-state index in [0.29, 0.717) is 16.8 Å². The highest BCUT2D eigenvalue weighted by molar-refractivity contribution is 6.36. The van der Waals surface area contributed by atoms with E-state index >= 15 is 0 Å². The first-order valence-corrected chi connectivity index (χ1v) is 9.32. The lowest BCUT2D eigenvalue weighted by molar-refractivity contribution is 0.202. The minimum Gasteiger partial charge on any atom is -0.465 e. The molecule has 29 heavy (non-hydrogen) atoms. The van der Waals surface area contributed by atoms with Gasteiger partial charge >= 0.3 is 6.09 Å². The molecule has 4 N–H and O–H groups in total. The van der Waals surface area contributed by atoms with Gasteiger partial charge < -0.3 is 16.0 Å². The molecule has 0 saturated heterocycles. The summed E-state index contributed by atoms with van der Waals surface area (Å²) in [6.07, 6.45) is -1.07. The number of oxime groups is 1. The first-order valence-electron chi connectivity index (χ1n) is 8.57. The van der Waals surface area contributed by atoms with Crippen LogP contribution in [-0.4, -0.2) is 38.6 Å². The van der Waals surface area contributed by atoms with Crippen LogP contribution in [0.2, 0.25) is 10.0 Å². The van der Waals surface area contributed by atoms with Gasteiger partial charge in [-0.1, -0.05) is 42.2 Å². The fourth-order valence-electron chi connectivity index (χ4n) is 2.75. The fraction of sp³-hybridized carbons (Fsp3) is 0.333. The molecule has 1 aromatic heterocycles. The molecule has 0 aliphatic heterocycles. The average Bonchev–Trinajstić information content (AvgIpc) is 2.64. The first kappa shape index (κ1) is 22.5. The summed E-state index contributed by atoms with van der Waals surface area (Å²) in [5, 5.41) is 25.6. The van der Waals surface area contributed by atoms with Gasteiger partial charge in [0.15, 0.2) is 5.84 Å². The summed E-state index contributed by atoms with van der Waals surface area (Å²) in [6.45, 7) is 3.46. The Bertz CT molecular complexity index is 997. The van der Waals surface area contributed by atoms with E-state index in [0.717, 1.165) is 4.90 Å². The summed E-state index contributed by atoms with van der Waals surface area (Å²) < 4.78 is 1.27. The summed E-state index contributed by atoms with van der Waals surface area (Å²) in [7, 11) is 1.57. The van der Waals surface area contributed by atoms with Crippen molar-refractivity contribution < 1.29 is 15.1 Å². The standard InChI is InChI=1S/C18H21Cl2N5O4/c1-9(2)12-4-10(22-24(3)17(12)26)5-13-14(19)6-11(7-15(13)20)25(18(27)28)8-16(21)23-29/h4,6-7,9,29H,5,8H2,1-3H3,(H2,21,23)(H,27,28). The zero-order chi connectivity index (χ0) is 21.9. The molecule has 0 radical (unpaired) electrons. The summed E-state index contributed by atoms with van der Waals surface area (Å²) in [4.78, 5) is 24.6. The molecule has 156 valence electrons. The van der Waals surface area contributed by atoms with Crippen LogP contribution < -0.4 is 16.2 Å². The summed E-state index contributed by atoms with van der Waals surface area (Å²) in [5.74, 6) is -0.272. The van der Waals surface area contributed by atoms with E-state index in [-0.39, 0.29) is 46.0 Å². The number of halogens is 2. The predicted octanol–water partition coefficient (Wildman–Crippen LogP) is 3.03. The highest BCUT2D eigenvalue weighted by Crippen LogP contribution is 2.32. The van der Waals surface area contributed by atoms with Crippen molar-refractivity contribution in [2.75, 3.05) is 11.4 Å². The Morgan fingerprint density at radius 1 is 1.31 bits per heavy atom. The maximum Gasteiger partial charge on any atom is 0.412 e. The maximum absolute atomic E-state index is 12.2. The van der Waals surface area contributed by atoms with Crippen molar-refractivity contribution in [2.24, 2.45) is 17.9 Å². The van der Waals surface area contributed by atoms with Crippen molar-refractivity contribution in [3.05, 3.63) is 55.4 Å². The van der Waals surface area contributed by atoms with Crippen molar-refractivity contribution in [1.82, 2.24) is 9.78 Å². The van der Waals surface area contributed by atoms with Crippen LogP contribution in [0.5, 0.6) is 0 Å². The molecular formula is C18H21Cl2N5O4. The number of carboxylic acid groups (broad SMARTS) is 1. The molecule has 0 atom stereocenters. The topological polar surface area (TPSA) is 134 Å². The molecule has 0 unspecified atom stereocenters. The molecule has 1 heterocycles. The third kappa shape index (κ3) is 5.18. The van der Waals surface area contributed by atoms with Crippen molar-refractivity contribution >= 4 is 40.8 Å². The van der Waals surface area contributed by atoms with Gasteiger partial charge in [-0.15, -0.1) is 0 Å². The minimum atomic E-state index is -1.32. The second-order valence-electron chi connectivity index (χ2n) is 6.70. The molecule has 2 aromatic rings. The number of carbonyl (C=O) groups is 1. The maximum atomic E-state index is 12.2. The number of anilines is 1. The molecular weight excluding hydrogens is 421 g/mol. The summed E-state index contributed by atoms with van der Waals surface area (Å²) >= 11 is 12.7. The summed E-state index contributed by atoms with van der Waals surface area (Å²) in [6, 6.07) is 4.56. The van der Waals surface area contributed by atoms with Gasteiger partial charge in [0, 0.05) is 29.1 Å². The molecule has 11 heteroatoms. The van der Waals surface area contributed by atoms with Gasteiger partial charge in [0.1, 0.15) is 0 Å². The highest BCUT2D eigenvalue weighted by Gasteiger charge is 2.20. The fourth-order valence-corrected chi connectivity index (χ4v) is 3.36. The summed E-state index contributed by atoms with van der Waals surface area (Å²) in [5.41, 5.74) is 7.16. The van der Waals surface area contributed by atoms with E-state index in [1.165, 1.54) is 16.8 Å². The number of benzene rings is 1. The normalized spacial score (nSPS) is 11.7. The molecule has 1 aromatic carbocycles. The Balaban J connectivity index is 2.45. The quantitative estimate of drug-likeness (QED) is 0.273. The van der Waals surface area contributed by atoms with Gasteiger partial charge in [0.2, 0.25) is 0 Å². The number of hydrogen-bond acceptors (Lipinski definition) is 5. The van der Waals surface area contributed by atoms with Gasteiger partial charge in [-0.25, -0.2) is 9.48 Å². The lowest BCUT2D eigenvalue weighted by Crippen LogP contribution is -2.37. The average molecular weight is 442 g/mol. The van der Waals surface area contributed by atoms with E-state index in [1.54, 1.807) is 13.1 Å². The second kappa shape index (κ2) is 9.15. The Morgan fingerprint density at radius 3 is 2.38 bits per heavy atom. The molecule has 0 saturated carbocycles. The van der Waals surface area contributed by atoms with E-state index in [2.05, 4.69) is 10.3 Å². The van der Waals surface area contributed by atoms with Crippen LogP contribution >= 0.6 is 23.2 Å². The first-order chi connectivity index (χ1) is 13.5. The van der Waals surface area contributed by atoms with Crippen LogP contribution in [0.25, 0.3) is 0 Å². The number of rotatable bonds is 6. The number of aryl methyl sites for hydroxylation is 1. The molecule has 2 rings (SSSR count). The number of amidine groups is 1. The number of amides is 1. The van der Waals surface area contributed by atoms with Crippen molar-refractivity contribution in [2.45, 2.75) is 26.2 Å². The number of aromatic nitrogens is 2. The van der Waals surface area contributed by atoms with Crippen molar-refractivity contribution in [3.8, 4) is 0 Å². The Labute approximate surface area is 176 Å². The number of nitrogens with two attached hydrogens (primary N) is 1. The zero-order valence-electron chi connectivity index (χ0n) is 16.1. The third-order valence-corrected chi connectivity index (χ3v) is 4.91. The molecule has 0 fully saturated rings. The number of nitrogens with zero attached hydrogens (tertiary/aromatic N) is 4. The highest BCUT2D eigenvalue weighted by atomic mass is 35.5. The van der Waals surface area contributed by atoms with Crippen LogP contribution in [0.15, 0.2) is 28.1 Å². The van der Waals surface area contributed by atoms with E-state index in [1.807, 2.05) is 13.8 Å². The van der Waals surface area contributed by atoms with E-state index < -0.39 is 6.09 Å². The number of hydrogen-bond donors (Lipinski definition) is 3. The SMILES string of the molecule is CC(C)c1cc(Cc2c(Cl)cc(N(C/C(N)=N\O)C(=O)O)cc2Cl)nn(C)c1=O. The lowest BCUT2D eigenvalue weighted by Gasteiger charge is -2.20. The molecule has 0 aliphatic carbocycles. The van der Waals surface area contributed by atoms with Gasteiger partial charge in [-0.2, -0.15) is 5.10 Å². The lowest BCUT2D eigenvalue weighted by atomic mass is 10.0. The van der Waals surface area contributed by atoms with Crippen LogP contribution in [0, 0.1) is 0 Å². The van der Waals surface area contributed by atoms with Gasteiger partial charge in [0.05, 0.1) is 17.9 Å². The molecule has 0 aliphatic rings. The van der Waals surface area contributed by atoms with Crippen LogP contribution in [0.3, 0.4) is 0 Å². The van der Waals surface area contributed by atoms with Crippen LogP contribution in [-0.2, 0) is 13.5 Å². The van der Waals surface area contributed by atoms with Gasteiger partial charge in [-0.3, -0.25) is 9.69 Å². The zero-order valence-corrected chi connectivity index (χ0v) is 17.6. The predicted molar refractivity (Wildman–Crippen MR) is 112 cm³/mol. The van der Waals surface area contributed by atoms with E-state index in [4.69, 9.17) is 34.1 Å². The van der Waals surface area contributed by atoms with Gasteiger partial charge in [0.25, 0.3) is 5.56 Å². The Morgan fingerprint density at radius 2 is 1.90 bits per heavy atom. The monoisotopic (exact) mass is 441 g/mol. The van der Waals surface area contributed by atoms with Crippen molar-refractivity contribution in [3.63, 3.8) is 0 Å².